The van der Waals surface area contributed by atoms with E-state index in [2.05, 4.69) is 10.3 Å². The van der Waals surface area contributed by atoms with Crippen molar-refractivity contribution in [3.8, 4) is 11.8 Å². The van der Waals surface area contributed by atoms with Crippen LogP contribution in [0, 0.1) is 11.3 Å². The third-order valence-corrected chi connectivity index (χ3v) is 3.39. The maximum absolute atomic E-state index is 12.2. The number of nitriles is 1. The number of nitrogens with zero attached hydrogens (tertiary/aromatic N) is 1. The number of fused-ring (bicyclic) bond motifs is 1. The van der Waals surface area contributed by atoms with Crippen LogP contribution in [0.15, 0.2) is 60.3 Å². The molecule has 2 aromatic carbocycles. The van der Waals surface area contributed by atoms with Crippen molar-refractivity contribution in [1.29, 1.82) is 5.26 Å². The average Bonchev–Trinajstić information content (AvgIpc) is 2.95. The van der Waals surface area contributed by atoms with Gasteiger partial charge < -0.3 is 15.4 Å². The first-order valence-corrected chi connectivity index (χ1v) is 6.95. The quantitative estimate of drug-likeness (QED) is 0.511. The van der Waals surface area contributed by atoms with Crippen LogP contribution in [0.2, 0.25) is 0 Å². The Bertz CT molecular complexity index is 948. The zero-order chi connectivity index (χ0) is 16.2. The van der Waals surface area contributed by atoms with Gasteiger partial charge in [0, 0.05) is 34.4 Å². The van der Waals surface area contributed by atoms with Crippen molar-refractivity contribution < 1.29 is 9.90 Å². The van der Waals surface area contributed by atoms with Crippen LogP contribution >= 0.6 is 0 Å². The van der Waals surface area contributed by atoms with Gasteiger partial charge in [0.25, 0.3) is 5.91 Å². The van der Waals surface area contributed by atoms with Gasteiger partial charge in [-0.15, -0.1) is 0 Å². The molecular formula is C18H13N3O2. The van der Waals surface area contributed by atoms with E-state index in [9.17, 15) is 15.2 Å². The number of para-hydroxylation sites is 1. The van der Waals surface area contributed by atoms with Crippen molar-refractivity contribution in [3.63, 3.8) is 0 Å². The van der Waals surface area contributed by atoms with Crippen LogP contribution in [0.5, 0.6) is 5.75 Å². The molecule has 0 fully saturated rings. The van der Waals surface area contributed by atoms with Gasteiger partial charge in [0.15, 0.2) is 0 Å². The van der Waals surface area contributed by atoms with Gasteiger partial charge in [0.05, 0.1) is 0 Å². The van der Waals surface area contributed by atoms with E-state index in [1.165, 1.54) is 18.2 Å². The second-order valence-electron chi connectivity index (χ2n) is 4.96. The van der Waals surface area contributed by atoms with Gasteiger partial charge in [-0.1, -0.05) is 24.3 Å². The monoisotopic (exact) mass is 303 g/mol. The summed E-state index contributed by atoms with van der Waals surface area (Å²) in [6.45, 7) is 0. The number of phenolic OH excluding ortho intramolecular Hbond substituents is 1. The third-order valence-electron chi connectivity index (χ3n) is 3.39. The summed E-state index contributed by atoms with van der Waals surface area (Å²) in [6, 6.07) is 15.7. The van der Waals surface area contributed by atoms with Gasteiger partial charge >= 0.3 is 0 Å². The molecule has 0 saturated carbocycles. The average molecular weight is 303 g/mol. The molecular weight excluding hydrogens is 290 g/mol. The summed E-state index contributed by atoms with van der Waals surface area (Å²) in [5, 5.41) is 22.2. The first-order chi connectivity index (χ1) is 11.2. The molecule has 5 nitrogen and oxygen atoms in total. The van der Waals surface area contributed by atoms with Crippen molar-refractivity contribution in [1.82, 2.24) is 4.98 Å². The highest BCUT2D eigenvalue weighted by Gasteiger charge is 2.11. The van der Waals surface area contributed by atoms with E-state index in [-0.39, 0.29) is 11.3 Å². The van der Waals surface area contributed by atoms with Gasteiger partial charge in [-0.25, -0.2) is 0 Å². The van der Waals surface area contributed by atoms with Crippen LogP contribution in [0.4, 0.5) is 5.69 Å². The Labute approximate surface area is 132 Å². The maximum Gasteiger partial charge on any atom is 0.266 e. The summed E-state index contributed by atoms with van der Waals surface area (Å²) >= 11 is 0. The van der Waals surface area contributed by atoms with E-state index >= 15 is 0 Å². The standard InChI is InChI=1S/C18H13N3O2/c19-10-12(18(23)21-14-4-3-5-15(22)9-14)8-13-11-20-17-7-2-1-6-16(13)17/h1-9,11,20,22H,(H,21,23). The van der Waals surface area contributed by atoms with Crippen LogP contribution < -0.4 is 5.32 Å². The Kier molecular flexibility index (Phi) is 3.81. The molecule has 3 rings (SSSR count). The fourth-order valence-corrected chi connectivity index (χ4v) is 2.30. The number of hydrogen-bond donors (Lipinski definition) is 3. The SMILES string of the molecule is N#CC(=Cc1c[nH]c2ccccc12)C(=O)Nc1cccc(O)c1. The summed E-state index contributed by atoms with van der Waals surface area (Å²) in [7, 11) is 0. The highest BCUT2D eigenvalue weighted by Crippen LogP contribution is 2.21. The van der Waals surface area contributed by atoms with Gasteiger partial charge in [0.1, 0.15) is 17.4 Å². The predicted molar refractivity (Wildman–Crippen MR) is 88.6 cm³/mol. The Balaban J connectivity index is 1.90. The lowest BCUT2D eigenvalue weighted by Crippen LogP contribution is -2.13. The molecule has 3 N–H and O–H groups in total. The Morgan fingerprint density at radius 1 is 1.22 bits per heavy atom. The van der Waals surface area contributed by atoms with E-state index in [0.717, 1.165) is 16.5 Å². The van der Waals surface area contributed by atoms with Gasteiger partial charge in [-0.05, 0) is 24.3 Å². The minimum Gasteiger partial charge on any atom is -0.508 e. The lowest BCUT2D eigenvalue weighted by atomic mass is 10.1. The number of rotatable bonds is 3. The number of benzene rings is 2. The van der Waals surface area contributed by atoms with Crippen molar-refractivity contribution in [2.24, 2.45) is 0 Å². The molecule has 0 saturated heterocycles. The first kappa shape index (κ1) is 14.4. The number of phenols is 1. The Morgan fingerprint density at radius 3 is 2.83 bits per heavy atom. The summed E-state index contributed by atoms with van der Waals surface area (Å²) in [4.78, 5) is 15.3. The van der Waals surface area contributed by atoms with Crippen molar-refractivity contribution in [2.45, 2.75) is 0 Å². The number of aromatic hydroxyl groups is 1. The van der Waals surface area contributed by atoms with E-state index < -0.39 is 5.91 Å². The van der Waals surface area contributed by atoms with Crippen LogP contribution in [0.25, 0.3) is 17.0 Å². The fourth-order valence-electron chi connectivity index (χ4n) is 2.30. The molecule has 0 atom stereocenters. The molecule has 1 aromatic heterocycles. The van der Waals surface area contributed by atoms with Crippen molar-refractivity contribution in [2.75, 3.05) is 5.32 Å². The number of H-pyrrole nitrogens is 1. The first-order valence-electron chi connectivity index (χ1n) is 6.95. The van der Waals surface area contributed by atoms with E-state index in [0.29, 0.717) is 5.69 Å². The van der Waals surface area contributed by atoms with Gasteiger partial charge in [-0.2, -0.15) is 5.26 Å². The summed E-state index contributed by atoms with van der Waals surface area (Å²) < 4.78 is 0. The Hall–Kier alpha value is -3.52. The largest absolute Gasteiger partial charge is 0.508 e. The van der Waals surface area contributed by atoms with Gasteiger partial charge in [-0.3, -0.25) is 4.79 Å². The molecule has 3 aromatic rings. The number of anilines is 1. The molecule has 23 heavy (non-hydrogen) atoms. The van der Waals surface area contributed by atoms with Gasteiger partial charge in [0.2, 0.25) is 0 Å². The summed E-state index contributed by atoms with van der Waals surface area (Å²) in [5.74, 6) is -0.481. The lowest BCUT2D eigenvalue weighted by Gasteiger charge is -2.04. The number of amides is 1. The van der Waals surface area contributed by atoms with Crippen molar-refractivity contribution in [3.05, 3.63) is 65.9 Å². The third kappa shape index (κ3) is 3.06. The normalized spacial score (nSPS) is 11.2. The van der Waals surface area contributed by atoms with E-state index in [1.807, 2.05) is 30.3 Å². The number of nitrogens with one attached hydrogen (secondary N) is 2. The smallest absolute Gasteiger partial charge is 0.266 e. The van der Waals surface area contributed by atoms with Crippen LogP contribution in [-0.4, -0.2) is 16.0 Å². The number of carbonyl (C=O) groups is 1. The molecule has 1 amide bonds. The van der Waals surface area contributed by atoms with Crippen molar-refractivity contribution >= 4 is 28.6 Å². The molecule has 5 heteroatoms. The number of aromatic amines is 1. The lowest BCUT2D eigenvalue weighted by molar-refractivity contribution is -0.112. The molecule has 0 aliphatic heterocycles. The highest BCUT2D eigenvalue weighted by molar-refractivity contribution is 6.10. The van der Waals surface area contributed by atoms with E-state index in [4.69, 9.17) is 0 Å². The molecule has 0 radical (unpaired) electrons. The number of hydrogen-bond acceptors (Lipinski definition) is 3. The fraction of sp³-hybridized carbons (Fsp3) is 0. The maximum atomic E-state index is 12.2. The van der Waals surface area contributed by atoms with E-state index in [1.54, 1.807) is 18.3 Å². The van der Waals surface area contributed by atoms with Crippen LogP contribution in [0.1, 0.15) is 5.56 Å². The molecule has 0 aliphatic carbocycles. The molecule has 112 valence electrons. The topological polar surface area (TPSA) is 88.9 Å². The minimum atomic E-state index is -0.525. The minimum absolute atomic E-state index is 0.0157. The summed E-state index contributed by atoms with van der Waals surface area (Å²) in [6.07, 6.45) is 3.29. The highest BCUT2D eigenvalue weighted by atomic mass is 16.3. The molecule has 0 aliphatic rings. The predicted octanol–water partition coefficient (Wildman–Crippen LogP) is 3.42. The number of carbonyl (C=O) groups excluding carboxylic acids is 1. The molecule has 1 heterocycles. The zero-order valence-electron chi connectivity index (χ0n) is 12.1. The second-order valence-corrected chi connectivity index (χ2v) is 4.96. The zero-order valence-corrected chi connectivity index (χ0v) is 12.1. The molecule has 0 unspecified atom stereocenters. The number of aromatic nitrogens is 1. The molecule has 0 spiro atoms. The van der Waals surface area contributed by atoms with Crippen LogP contribution in [0.3, 0.4) is 0 Å². The second kappa shape index (κ2) is 6.08. The Morgan fingerprint density at radius 2 is 2.04 bits per heavy atom. The molecule has 0 bridgehead atoms. The van der Waals surface area contributed by atoms with Crippen LogP contribution in [-0.2, 0) is 4.79 Å². The summed E-state index contributed by atoms with van der Waals surface area (Å²) in [5.41, 5.74) is 2.11.